The summed E-state index contributed by atoms with van der Waals surface area (Å²) in [7, 11) is 0. The Labute approximate surface area is 311 Å². The lowest BCUT2D eigenvalue weighted by atomic mass is 9.95. The number of halogens is 4. The molecule has 2 N–H and O–H groups in total. The number of anilines is 2. The molecule has 7 heterocycles. The van der Waals surface area contributed by atoms with E-state index in [0.717, 1.165) is 30.7 Å². The van der Waals surface area contributed by atoms with Crippen LogP contribution in [0.3, 0.4) is 0 Å². The van der Waals surface area contributed by atoms with Gasteiger partial charge in [0.15, 0.2) is 11.6 Å². The van der Waals surface area contributed by atoms with Crippen molar-refractivity contribution in [2.75, 3.05) is 76.3 Å². The number of hydrogen-bond donors (Lipinski definition) is 1. The SMILES string of the molecule is N#Cc1c(N)sc2c(F)ccc(-c3c(Cl)c4c5c(nc(OC[C@@]67CCCN6C[C@H](F)C7)nc5c3F)N(CC3CN(C(=O)/C=C/C5COC5)C3)CCO4)c12. The average molecular weight is 766 g/mol. The molecule has 0 radical (unpaired) electrons. The first-order valence-corrected chi connectivity index (χ1v) is 18.9. The number of nitrogens with two attached hydrogens (primary N) is 1. The van der Waals surface area contributed by atoms with Gasteiger partial charge in [0, 0.05) is 55.4 Å². The van der Waals surface area contributed by atoms with Gasteiger partial charge in [0.1, 0.15) is 47.6 Å². The first kappa shape index (κ1) is 34.4. The van der Waals surface area contributed by atoms with Crippen molar-refractivity contribution in [2.45, 2.75) is 31.0 Å². The van der Waals surface area contributed by atoms with Gasteiger partial charge in [-0.05, 0) is 37.1 Å². The molecule has 2 aromatic heterocycles. The number of ether oxygens (including phenoxy) is 3. The van der Waals surface area contributed by atoms with Gasteiger partial charge in [-0.15, -0.1) is 11.3 Å². The van der Waals surface area contributed by atoms with E-state index in [-0.39, 0.29) is 90.4 Å². The predicted octanol–water partition coefficient (Wildman–Crippen LogP) is 5.71. The van der Waals surface area contributed by atoms with Crippen LogP contribution in [0.1, 0.15) is 24.8 Å². The largest absolute Gasteiger partial charge is 0.489 e. The van der Waals surface area contributed by atoms with Gasteiger partial charge in [0.25, 0.3) is 0 Å². The Hall–Kier alpha value is -4.36. The molecule has 4 saturated heterocycles. The molecule has 0 bridgehead atoms. The smallest absolute Gasteiger partial charge is 0.319 e. The number of fused-ring (bicyclic) bond motifs is 2. The number of amides is 1. The summed E-state index contributed by atoms with van der Waals surface area (Å²) in [5, 5.41) is 10.4. The van der Waals surface area contributed by atoms with Crippen molar-refractivity contribution in [3.8, 4) is 29.0 Å². The number of carbonyl (C=O) groups is 1. The number of likely N-dealkylation sites (tertiary alicyclic amines) is 1. The van der Waals surface area contributed by atoms with Crippen LogP contribution in [0, 0.1) is 34.8 Å². The number of nitriles is 1. The molecule has 5 aliphatic rings. The summed E-state index contributed by atoms with van der Waals surface area (Å²) in [6.07, 6.45) is 4.55. The first-order valence-electron chi connectivity index (χ1n) is 17.7. The van der Waals surface area contributed by atoms with Crippen LogP contribution < -0.4 is 20.1 Å². The normalized spacial score (nSPS) is 23.3. The molecule has 53 heavy (non-hydrogen) atoms. The minimum Gasteiger partial charge on any atom is -0.489 e. The number of aromatic nitrogens is 2. The van der Waals surface area contributed by atoms with Gasteiger partial charge in [-0.25, -0.2) is 13.2 Å². The molecule has 5 aliphatic heterocycles. The van der Waals surface area contributed by atoms with Crippen molar-refractivity contribution >= 4 is 60.7 Å². The molecule has 2 atom stereocenters. The third kappa shape index (κ3) is 5.73. The van der Waals surface area contributed by atoms with E-state index in [1.165, 1.54) is 12.1 Å². The van der Waals surface area contributed by atoms with E-state index in [0.29, 0.717) is 58.2 Å². The maximum atomic E-state index is 17.3. The Bertz CT molecular complexity index is 2240. The van der Waals surface area contributed by atoms with Gasteiger partial charge in [0.05, 0.1) is 46.0 Å². The summed E-state index contributed by atoms with van der Waals surface area (Å²) in [4.78, 5) is 28.1. The van der Waals surface area contributed by atoms with Gasteiger partial charge in [-0.3, -0.25) is 9.69 Å². The Morgan fingerprint density at radius 2 is 2.04 bits per heavy atom. The number of thiophene rings is 1. The molecular formula is C37H35ClF3N7O4S. The summed E-state index contributed by atoms with van der Waals surface area (Å²) in [6, 6.07) is 4.50. The zero-order valence-corrected chi connectivity index (χ0v) is 30.1. The number of nitrogen functional groups attached to an aromatic ring is 1. The van der Waals surface area contributed by atoms with Crippen LogP contribution in [0.2, 0.25) is 5.02 Å². The van der Waals surface area contributed by atoms with Crippen molar-refractivity contribution in [3.63, 3.8) is 0 Å². The fourth-order valence-electron chi connectivity index (χ4n) is 8.46. The summed E-state index contributed by atoms with van der Waals surface area (Å²) >= 11 is 7.95. The molecule has 0 spiro atoms. The summed E-state index contributed by atoms with van der Waals surface area (Å²) in [5.74, 6) is -0.612. The van der Waals surface area contributed by atoms with Gasteiger partial charge in [0.2, 0.25) is 5.91 Å². The van der Waals surface area contributed by atoms with E-state index < -0.39 is 23.3 Å². The first-order chi connectivity index (χ1) is 25.6. The van der Waals surface area contributed by atoms with E-state index in [1.54, 1.807) is 11.0 Å². The Morgan fingerprint density at radius 3 is 2.81 bits per heavy atom. The molecule has 4 aromatic rings. The molecule has 11 nitrogen and oxygen atoms in total. The highest BCUT2D eigenvalue weighted by Gasteiger charge is 2.49. The quantitative estimate of drug-likeness (QED) is 0.223. The van der Waals surface area contributed by atoms with Crippen LogP contribution in [0.25, 0.3) is 32.1 Å². The highest BCUT2D eigenvalue weighted by atomic mass is 35.5. The van der Waals surface area contributed by atoms with Gasteiger partial charge in [-0.1, -0.05) is 23.7 Å². The van der Waals surface area contributed by atoms with Crippen LogP contribution in [0.5, 0.6) is 11.8 Å². The van der Waals surface area contributed by atoms with Crippen molar-refractivity contribution < 1.29 is 32.2 Å². The Morgan fingerprint density at radius 1 is 1.21 bits per heavy atom. The van der Waals surface area contributed by atoms with Crippen LogP contribution in [0.4, 0.5) is 24.0 Å². The van der Waals surface area contributed by atoms with Crippen LogP contribution in [-0.4, -0.2) is 103 Å². The molecule has 2 aromatic carbocycles. The van der Waals surface area contributed by atoms with Crippen molar-refractivity contribution in [3.05, 3.63) is 46.5 Å². The highest BCUT2D eigenvalue weighted by molar-refractivity contribution is 7.23. The minimum atomic E-state index is -0.966. The number of hydrogen-bond acceptors (Lipinski definition) is 11. The van der Waals surface area contributed by atoms with Crippen molar-refractivity contribution in [1.29, 1.82) is 5.26 Å². The topological polar surface area (TPSA) is 130 Å². The molecule has 276 valence electrons. The maximum Gasteiger partial charge on any atom is 0.319 e. The van der Waals surface area contributed by atoms with Crippen molar-refractivity contribution in [1.82, 2.24) is 19.8 Å². The second kappa shape index (κ2) is 13.2. The fraction of sp³-hybridized carbons (Fsp3) is 0.459. The predicted molar refractivity (Wildman–Crippen MR) is 194 cm³/mol. The van der Waals surface area contributed by atoms with Crippen molar-refractivity contribution in [2.24, 2.45) is 11.8 Å². The Balaban J connectivity index is 1.12. The third-order valence-electron chi connectivity index (χ3n) is 11.2. The highest BCUT2D eigenvalue weighted by Crippen LogP contribution is 2.51. The lowest BCUT2D eigenvalue weighted by molar-refractivity contribution is -0.131. The molecule has 0 saturated carbocycles. The van der Waals surface area contributed by atoms with Crippen LogP contribution in [0.15, 0.2) is 24.3 Å². The second-order valence-corrected chi connectivity index (χ2v) is 16.0. The number of carbonyl (C=O) groups excluding carboxylic acids is 1. The standard InChI is InChI=1S/C37H35ClF3N7O4S/c38-29-27(22-3-4-24(40)33-26(22)23(11-42)34(43)53-33)30(41)31-28-32(29)51-9-8-46(12-20-13-47(14-20)25(49)5-2-19-16-50-17-19)35(28)45-36(44-31)52-18-37-6-1-7-48(37)15-21(39)10-37/h2-5,19-21H,1,6-10,12-18,43H2/b5-2+/t21-,37+/m1/s1. The zero-order valence-electron chi connectivity index (χ0n) is 28.5. The maximum absolute atomic E-state index is 17.3. The monoisotopic (exact) mass is 765 g/mol. The zero-order chi connectivity index (χ0) is 36.6. The molecule has 9 rings (SSSR count). The van der Waals surface area contributed by atoms with Crippen LogP contribution >= 0.6 is 22.9 Å². The van der Waals surface area contributed by atoms with Gasteiger partial charge < -0.3 is 29.7 Å². The molecular weight excluding hydrogens is 731 g/mol. The van der Waals surface area contributed by atoms with Gasteiger partial charge >= 0.3 is 6.01 Å². The summed E-state index contributed by atoms with van der Waals surface area (Å²) in [6.45, 7) is 4.58. The molecule has 0 unspecified atom stereocenters. The number of benzene rings is 2. The van der Waals surface area contributed by atoms with E-state index in [1.807, 2.05) is 17.0 Å². The summed E-state index contributed by atoms with van der Waals surface area (Å²) in [5.41, 5.74) is 5.54. The van der Waals surface area contributed by atoms with Gasteiger partial charge in [-0.2, -0.15) is 15.2 Å². The molecule has 16 heteroatoms. The number of rotatable bonds is 8. The minimum absolute atomic E-state index is 0.0177. The third-order valence-corrected chi connectivity index (χ3v) is 12.6. The van der Waals surface area contributed by atoms with E-state index in [2.05, 4.69) is 9.88 Å². The fourth-order valence-corrected chi connectivity index (χ4v) is 9.75. The number of nitrogens with zero attached hydrogens (tertiary/aromatic N) is 6. The van der Waals surface area contributed by atoms with E-state index in [4.69, 9.17) is 36.5 Å². The Kier molecular flexibility index (Phi) is 8.56. The lowest BCUT2D eigenvalue weighted by Crippen LogP contribution is -2.54. The summed E-state index contributed by atoms with van der Waals surface area (Å²) < 4.78 is 64.7. The number of alkyl halides is 1. The van der Waals surface area contributed by atoms with E-state index in [9.17, 15) is 14.4 Å². The van der Waals surface area contributed by atoms with Crippen LogP contribution in [-0.2, 0) is 9.53 Å². The molecule has 4 fully saturated rings. The second-order valence-electron chi connectivity index (χ2n) is 14.6. The van der Waals surface area contributed by atoms with E-state index >= 15 is 8.78 Å². The molecule has 1 amide bonds. The average Bonchev–Trinajstić information content (AvgIpc) is 3.70. The molecule has 0 aliphatic carbocycles. The lowest BCUT2D eigenvalue weighted by Gasteiger charge is -2.41.